The van der Waals surface area contributed by atoms with Crippen LogP contribution in [0.4, 0.5) is 0 Å². The predicted molar refractivity (Wildman–Crippen MR) is 105 cm³/mol. The third kappa shape index (κ3) is 5.25. The SMILES string of the molecule is CC[C@H](Oc1cccc(C)c1C)C(=O)NCCOc1cc(C)ccc1C. The number of hydrogen-bond donors (Lipinski definition) is 1. The topological polar surface area (TPSA) is 47.6 Å². The predicted octanol–water partition coefficient (Wildman–Crippen LogP) is 4.27. The molecule has 4 heteroatoms. The number of hydrogen-bond acceptors (Lipinski definition) is 3. The standard InChI is InChI=1S/C22H29NO3/c1-6-19(26-20-9-7-8-16(3)18(20)5)22(24)23-12-13-25-21-14-15(2)10-11-17(21)4/h7-11,14,19H,6,12-13H2,1-5H3,(H,23,24)/t19-/m0/s1. The van der Waals surface area contributed by atoms with E-state index in [1.54, 1.807) is 0 Å². The lowest BCUT2D eigenvalue weighted by Crippen LogP contribution is -2.39. The molecule has 0 aliphatic rings. The molecule has 0 aliphatic carbocycles. The van der Waals surface area contributed by atoms with E-state index in [1.807, 2.05) is 65.0 Å². The highest BCUT2D eigenvalue weighted by Gasteiger charge is 2.19. The van der Waals surface area contributed by atoms with Crippen molar-refractivity contribution in [2.75, 3.05) is 13.2 Å². The number of nitrogens with one attached hydrogen (secondary N) is 1. The third-order valence-corrected chi connectivity index (χ3v) is 4.49. The van der Waals surface area contributed by atoms with E-state index in [0.29, 0.717) is 19.6 Å². The first-order chi connectivity index (χ1) is 12.4. The third-order valence-electron chi connectivity index (χ3n) is 4.49. The number of aryl methyl sites for hydroxylation is 3. The lowest BCUT2D eigenvalue weighted by Gasteiger charge is -2.19. The molecule has 0 fully saturated rings. The number of carbonyl (C=O) groups is 1. The molecule has 0 saturated carbocycles. The van der Waals surface area contributed by atoms with Gasteiger partial charge in [0.2, 0.25) is 0 Å². The molecule has 140 valence electrons. The summed E-state index contributed by atoms with van der Waals surface area (Å²) < 4.78 is 11.7. The van der Waals surface area contributed by atoms with Crippen LogP contribution in [0.3, 0.4) is 0 Å². The first-order valence-electron chi connectivity index (χ1n) is 9.13. The highest BCUT2D eigenvalue weighted by Crippen LogP contribution is 2.22. The van der Waals surface area contributed by atoms with Crippen LogP contribution in [-0.4, -0.2) is 25.2 Å². The molecule has 0 aliphatic heterocycles. The summed E-state index contributed by atoms with van der Waals surface area (Å²) in [5, 5.41) is 2.90. The fraction of sp³-hybridized carbons (Fsp3) is 0.409. The van der Waals surface area contributed by atoms with E-state index in [-0.39, 0.29) is 5.91 Å². The number of carbonyl (C=O) groups excluding carboxylic acids is 1. The Morgan fingerprint density at radius 2 is 1.81 bits per heavy atom. The Labute approximate surface area is 156 Å². The van der Waals surface area contributed by atoms with E-state index in [9.17, 15) is 4.79 Å². The van der Waals surface area contributed by atoms with Gasteiger partial charge in [0.1, 0.15) is 18.1 Å². The molecule has 0 radical (unpaired) electrons. The highest BCUT2D eigenvalue weighted by atomic mass is 16.5. The van der Waals surface area contributed by atoms with Crippen LogP contribution in [-0.2, 0) is 4.79 Å². The van der Waals surface area contributed by atoms with Crippen molar-refractivity contribution in [1.82, 2.24) is 5.32 Å². The van der Waals surface area contributed by atoms with Gasteiger partial charge in [-0.05, 0) is 68.5 Å². The van der Waals surface area contributed by atoms with Gasteiger partial charge in [0.15, 0.2) is 6.10 Å². The second-order valence-corrected chi connectivity index (χ2v) is 6.62. The van der Waals surface area contributed by atoms with Crippen LogP contribution in [0.25, 0.3) is 0 Å². The molecule has 2 aromatic rings. The monoisotopic (exact) mass is 355 g/mol. The van der Waals surface area contributed by atoms with Gasteiger partial charge >= 0.3 is 0 Å². The molecular weight excluding hydrogens is 326 g/mol. The van der Waals surface area contributed by atoms with Crippen molar-refractivity contribution in [3.05, 3.63) is 58.7 Å². The number of amides is 1. The minimum Gasteiger partial charge on any atom is -0.491 e. The summed E-state index contributed by atoms with van der Waals surface area (Å²) >= 11 is 0. The molecule has 0 heterocycles. The largest absolute Gasteiger partial charge is 0.491 e. The number of rotatable bonds is 8. The second-order valence-electron chi connectivity index (χ2n) is 6.62. The maximum absolute atomic E-state index is 12.4. The zero-order valence-corrected chi connectivity index (χ0v) is 16.4. The van der Waals surface area contributed by atoms with E-state index >= 15 is 0 Å². The summed E-state index contributed by atoms with van der Waals surface area (Å²) in [6.07, 6.45) is 0.105. The van der Waals surface area contributed by atoms with Gasteiger partial charge < -0.3 is 14.8 Å². The average molecular weight is 355 g/mol. The smallest absolute Gasteiger partial charge is 0.261 e. The van der Waals surface area contributed by atoms with Gasteiger partial charge in [0, 0.05) is 0 Å². The zero-order valence-electron chi connectivity index (χ0n) is 16.4. The Kier molecular flexibility index (Phi) is 7.07. The minimum absolute atomic E-state index is 0.113. The van der Waals surface area contributed by atoms with Gasteiger partial charge in [-0.15, -0.1) is 0 Å². The Balaban J connectivity index is 1.85. The van der Waals surface area contributed by atoms with Crippen molar-refractivity contribution in [3.8, 4) is 11.5 Å². The van der Waals surface area contributed by atoms with Gasteiger partial charge in [0.25, 0.3) is 5.91 Å². The maximum Gasteiger partial charge on any atom is 0.261 e. The van der Waals surface area contributed by atoms with Gasteiger partial charge in [-0.25, -0.2) is 0 Å². The highest BCUT2D eigenvalue weighted by molar-refractivity contribution is 5.81. The second kappa shape index (κ2) is 9.27. The molecule has 2 aromatic carbocycles. The van der Waals surface area contributed by atoms with Gasteiger partial charge in [-0.3, -0.25) is 4.79 Å². The Morgan fingerprint density at radius 3 is 2.54 bits per heavy atom. The molecule has 1 atom stereocenters. The molecule has 0 unspecified atom stereocenters. The molecule has 1 amide bonds. The first kappa shape index (κ1) is 19.8. The van der Waals surface area contributed by atoms with E-state index in [2.05, 4.69) is 11.4 Å². The van der Waals surface area contributed by atoms with Crippen molar-refractivity contribution in [1.29, 1.82) is 0 Å². The van der Waals surface area contributed by atoms with E-state index in [1.165, 1.54) is 0 Å². The molecule has 2 rings (SSSR count). The number of ether oxygens (including phenoxy) is 2. The summed E-state index contributed by atoms with van der Waals surface area (Å²) in [7, 11) is 0. The summed E-state index contributed by atoms with van der Waals surface area (Å²) in [5.41, 5.74) is 4.46. The van der Waals surface area contributed by atoms with Crippen LogP contribution in [0.1, 0.15) is 35.6 Å². The van der Waals surface area contributed by atoms with Crippen LogP contribution in [0.2, 0.25) is 0 Å². The van der Waals surface area contributed by atoms with Crippen molar-refractivity contribution in [2.45, 2.75) is 47.1 Å². The molecule has 1 N–H and O–H groups in total. The summed E-state index contributed by atoms with van der Waals surface area (Å²) in [6, 6.07) is 12.0. The van der Waals surface area contributed by atoms with Crippen molar-refractivity contribution in [3.63, 3.8) is 0 Å². The maximum atomic E-state index is 12.4. The minimum atomic E-state index is -0.504. The van der Waals surface area contributed by atoms with E-state index < -0.39 is 6.10 Å². The van der Waals surface area contributed by atoms with Gasteiger partial charge in [-0.2, -0.15) is 0 Å². The lowest BCUT2D eigenvalue weighted by atomic mass is 10.1. The average Bonchev–Trinajstić information content (AvgIpc) is 2.62. The van der Waals surface area contributed by atoms with Crippen LogP contribution in [0.5, 0.6) is 11.5 Å². The first-order valence-corrected chi connectivity index (χ1v) is 9.13. The molecule has 0 spiro atoms. The van der Waals surface area contributed by atoms with E-state index in [4.69, 9.17) is 9.47 Å². The molecule has 0 bridgehead atoms. The Hall–Kier alpha value is -2.49. The lowest BCUT2D eigenvalue weighted by molar-refractivity contribution is -0.128. The van der Waals surface area contributed by atoms with Crippen LogP contribution in [0.15, 0.2) is 36.4 Å². The van der Waals surface area contributed by atoms with Crippen LogP contribution >= 0.6 is 0 Å². The zero-order chi connectivity index (χ0) is 19.1. The molecular formula is C22H29NO3. The molecule has 0 aromatic heterocycles. The van der Waals surface area contributed by atoms with Crippen LogP contribution < -0.4 is 14.8 Å². The van der Waals surface area contributed by atoms with Gasteiger partial charge in [0.05, 0.1) is 6.54 Å². The Bertz CT molecular complexity index is 755. The van der Waals surface area contributed by atoms with Crippen molar-refractivity contribution >= 4 is 5.91 Å². The normalized spacial score (nSPS) is 11.7. The van der Waals surface area contributed by atoms with Crippen molar-refractivity contribution < 1.29 is 14.3 Å². The van der Waals surface area contributed by atoms with E-state index in [0.717, 1.165) is 33.8 Å². The van der Waals surface area contributed by atoms with Gasteiger partial charge in [-0.1, -0.05) is 31.2 Å². The number of benzene rings is 2. The molecule has 26 heavy (non-hydrogen) atoms. The summed E-state index contributed by atoms with van der Waals surface area (Å²) in [4.78, 5) is 12.4. The van der Waals surface area contributed by atoms with Crippen LogP contribution in [0, 0.1) is 27.7 Å². The molecule has 4 nitrogen and oxygen atoms in total. The fourth-order valence-corrected chi connectivity index (χ4v) is 2.64. The van der Waals surface area contributed by atoms with Crippen molar-refractivity contribution in [2.24, 2.45) is 0 Å². The summed E-state index contributed by atoms with van der Waals surface area (Å²) in [6.45, 7) is 10.9. The summed E-state index contributed by atoms with van der Waals surface area (Å²) in [5.74, 6) is 1.51. The Morgan fingerprint density at radius 1 is 1.04 bits per heavy atom. The fourth-order valence-electron chi connectivity index (χ4n) is 2.64. The molecule has 0 saturated heterocycles. The quantitative estimate of drug-likeness (QED) is 0.719.